The number of nitrogens with zero attached hydrogens (tertiary/aromatic N) is 1. The molecule has 2 bridgehead atoms. The van der Waals surface area contributed by atoms with Crippen molar-refractivity contribution in [2.24, 2.45) is 11.8 Å². The van der Waals surface area contributed by atoms with Gasteiger partial charge in [-0.1, -0.05) is 48.5 Å². The predicted molar refractivity (Wildman–Crippen MR) is 141 cm³/mol. The maximum atomic E-state index is 14.5. The summed E-state index contributed by atoms with van der Waals surface area (Å²) in [5, 5.41) is 27.3. The summed E-state index contributed by atoms with van der Waals surface area (Å²) in [4.78, 5) is 54.7. The average Bonchev–Trinajstić information content (AvgIpc) is 3.50. The molecule has 4 fully saturated rings. The van der Waals surface area contributed by atoms with E-state index in [0.717, 1.165) is 36.8 Å². The highest BCUT2D eigenvalue weighted by Crippen LogP contribution is 2.50. The van der Waals surface area contributed by atoms with Gasteiger partial charge in [0.05, 0.1) is 6.04 Å². The minimum atomic E-state index is -1.94. The van der Waals surface area contributed by atoms with E-state index in [9.17, 15) is 29.4 Å². The van der Waals surface area contributed by atoms with Crippen LogP contribution in [0, 0.1) is 11.8 Å². The molecule has 0 radical (unpaired) electrons. The summed E-state index contributed by atoms with van der Waals surface area (Å²) < 4.78 is 0. The highest BCUT2D eigenvalue weighted by molar-refractivity contribution is 6.01. The van der Waals surface area contributed by atoms with Crippen molar-refractivity contribution in [3.63, 3.8) is 0 Å². The molecule has 4 N–H and O–H groups in total. The maximum absolute atomic E-state index is 14.5. The number of nitrogens with one attached hydrogen (secondary N) is 2. The van der Waals surface area contributed by atoms with Gasteiger partial charge in [0.2, 0.25) is 11.8 Å². The third-order valence-corrected chi connectivity index (χ3v) is 9.16. The van der Waals surface area contributed by atoms with Gasteiger partial charge in [-0.05, 0) is 55.6 Å². The third-order valence-electron chi connectivity index (χ3n) is 9.16. The van der Waals surface area contributed by atoms with Crippen LogP contribution in [0.2, 0.25) is 0 Å². The molecule has 5 aliphatic rings. The second-order valence-electron chi connectivity index (χ2n) is 11.2. The second-order valence-corrected chi connectivity index (χ2v) is 11.2. The first-order valence-corrected chi connectivity index (χ1v) is 13.8. The Hall–Kier alpha value is -3.56. The number of rotatable bonds is 7. The van der Waals surface area contributed by atoms with Crippen LogP contribution in [0.25, 0.3) is 11.1 Å². The van der Waals surface area contributed by atoms with Crippen molar-refractivity contribution in [2.75, 3.05) is 13.2 Å². The number of aliphatic hydroxyl groups is 2. The monoisotopic (exact) mass is 531 g/mol. The summed E-state index contributed by atoms with van der Waals surface area (Å²) in [5.41, 5.74) is 0.631. The van der Waals surface area contributed by atoms with E-state index in [1.54, 1.807) is 29.2 Å². The Kier molecular flexibility index (Phi) is 6.51. The molecule has 9 nitrogen and oxygen atoms in total. The molecule has 2 aliphatic carbocycles. The Morgan fingerprint density at radius 1 is 0.974 bits per heavy atom. The van der Waals surface area contributed by atoms with Gasteiger partial charge >= 0.3 is 0 Å². The second kappa shape index (κ2) is 9.88. The van der Waals surface area contributed by atoms with E-state index in [2.05, 4.69) is 10.6 Å². The molecule has 7 rings (SSSR count). The molecule has 9 heteroatoms. The van der Waals surface area contributed by atoms with Gasteiger partial charge in [0.1, 0.15) is 12.6 Å². The first kappa shape index (κ1) is 25.7. The molecule has 0 aromatic heterocycles. The number of hydrogen-bond acceptors (Lipinski definition) is 6. The molecule has 39 heavy (non-hydrogen) atoms. The molecular formula is C30H33N3O6. The number of amides is 3. The van der Waals surface area contributed by atoms with Gasteiger partial charge in [0, 0.05) is 29.6 Å². The minimum Gasteiger partial charge on any atom is -0.389 e. The molecule has 3 amide bonds. The van der Waals surface area contributed by atoms with E-state index in [4.69, 9.17) is 0 Å². The van der Waals surface area contributed by atoms with E-state index in [1.165, 1.54) is 0 Å². The van der Waals surface area contributed by atoms with Gasteiger partial charge in [-0.15, -0.1) is 0 Å². The fourth-order valence-corrected chi connectivity index (χ4v) is 7.20. The number of carbonyl (C=O) groups excluding carboxylic acids is 4. The number of benzene rings is 2. The van der Waals surface area contributed by atoms with Crippen molar-refractivity contribution < 1.29 is 29.4 Å². The zero-order valence-electron chi connectivity index (χ0n) is 21.6. The van der Waals surface area contributed by atoms with E-state index in [1.807, 2.05) is 24.3 Å². The zero-order valence-corrected chi connectivity index (χ0v) is 21.6. The van der Waals surface area contributed by atoms with E-state index in [-0.39, 0.29) is 24.3 Å². The Morgan fingerprint density at radius 2 is 1.59 bits per heavy atom. The fourth-order valence-electron chi connectivity index (χ4n) is 7.20. The van der Waals surface area contributed by atoms with Gasteiger partial charge in [0.25, 0.3) is 5.91 Å². The molecule has 2 aromatic rings. The molecule has 3 saturated heterocycles. The molecule has 1 saturated carbocycles. The van der Waals surface area contributed by atoms with Crippen molar-refractivity contribution in [2.45, 2.75) is 62.3 Å². The number of carbonyl (C=O) groups is 4. The van der Waals surface area contributed by atoms with Crippen LogP contribution in [-0.2, 0) is 24.8 Å². The standard InChI is InChI=1S/C30H33N3O6/c34-16-25(35)24(15-18-13-14-31-27(18)36)32-28(37)26-17-9-11-19(12-10-17)33(26)29(38)30(39)22-7-3-1-5-20(22)21-6-2-4-8-23(21)30/h1-8,17-19,24,26,34,39H,9-16H2,(H,31,36)(H,32,37)/t17?,18-,19?,24+,26-/m1/s1. The third kappa shape index (κ3) is 4.06. The van der Waals surface area contributed by atoms with Crippen LogP contribution in [0.1, 0.15) is 49.7 Å². The highest BCUT2D eigenvalue weighted by atomic mass is 16.3. The van der Waals surface area contributed by atoms with Crippen molar-refractivity contribution in [1.29, 1.82) is 0 Å². The Balaban J connectivity index is 1.33. The number of ketones is 1. The topological polar surface area (TPSA) is 136 Å². The largest absolute Gasteiger partial charge is 0.389 e. The number of Topliss-reactive ketones (excluding diaryl/α,β-unsaturated/α-hetero) is 1. The van der Waals surface area contributed by atoms with Crippen LogP contribution in [0.5, 0.6) is 0 Å². The van der Waals surface area contributed by atoms with E-state index in [0.29, 0.717) is 24.1 Å². The van der Waals surface area contributed by atoms with Gasteiger partial charge in [0.15, 0.2) is 11.4 Å². The summed E-state index contributed by atoms with van der Waals surface area (Å²) >= 11 is 0. The molecule has 204 valence electrons. The van der Waals surface area contributed by atoms with Gasteiger partial charge in [-0.2, -0.15) is 0 Å². The normalized spacial score (nSPS) is 26.9. The first-order valence-electron chi connectivity index (χ1n) is 13.8. The van der Waals surface area contributed by atoms with Crippen LogP contribution in [0.3, 0.4) is 0 Å². The molecule has 0 spiro atoms. The predicted octanol–water partition coefficient (Wildman–Crippen LogP) is 1.24. The van der Waals surface area contributed by atoms with Crippen molar-refractivity contribution in [3.8, 4) is 11.1 Å². The molecule has 3 aliphatic heterocycles. The number of piperidine rings is 2. The van der Waals surface area contributed by atoms with Crippen LogP contribution >= 0.6 is 0 Å². The van der Waals surface area contributed by atoms with E-state index < -0.39 is 47.8 Å². The quantitative estimate of drug-likeness (QED) is 0.425. The summed E-state index contributed by atoms with van der Waals surface area (Å²) in [6, 6.07) is 12.5. The smallest absolute Gasteiger partial charge is 0.264 e. The summed E-state index contributed by atoms with van der Waals surface area (Å²) in [7, 11) is 0. The Bertz CT molecular complexity index is 1290. The molecule has 2 aromatic carbocycles. The number of hydrogen-bond donors (Lipinski definition) is 4. The number of fused-ring (bicyclic) bond motifs is 6. The van der Waals surface area contributed by atoms with E-state index >= 15 is 0 Å². The number of aliphatic hydroxyl groups excluding tert-OH is 1. The lowest BCUT2D eigenvalue weighted by molar-refractivity contribution is -0.166. The zero-order chi connectivity index (χ0) is 27.3. The van der Waals surface area contributed by atoms with Crippen LogP contribution in [-0.4, -0.2) is 69.9 Å². The first-order chi connectivity index (χ1) is 18.8. The fraction of sp³-hybridized carbons (Fsp3) is 0.467. The average molecular weight is 532 g/mol. The lowest BCUT2D eigenvalue weighted by atomic mass is 9.73. The minimum absolute atomic E-state index is 0.0937. The lowest BCUT2D eigenvalue weighted by Crippen LogP contribution is -2.66. The van der Waals surface area contributed by atoms with Gasteiger partial charge in [-0.3, -0.25) is 19.2 Å². The molecule has 3 atom stereocenters. The van der Waals surface area contributed by atoms with Gasteiger partial charge < -0.3 is 25.7 Å². The SMILES string of the molecule is O=C1NCC[C@@H]1C[C@H](NC(=O)[C@H]1C2CCC(CC2)N1C(=O)C1(O)c2ccccc2-c2ccccc21)C(=O)CO. The van der Waals surface area contributed by atoms with Crippen LogP contribution in [0.4, 0.5) is 0 Å². The summed E-state index contributed by atoms with van der Waals surface area (Å²) in [5.74, 6) is -2.30. The molecular weight excluding hydrogens is 498 g/mol. The Morgan fingerprint density at radius 3 is 2.15 bits per heavy atom. The van der Waals surface area contributed by atoms with Gasteiger partial charge in [-0.25, -0.2) is 0 Å². The highest BCUT2D eigenvalue weighted by Gasteiger charge is 2.56. The van der Waals surface area contributed by atoms with Crippen LogP contribution < -0.4 is 10.6 Å². The van der Waals surface area contributed by atoms with Crippen molar-refractivity contribution >= 4 is 23.5 Å². The maximum Gasteiger partial charge on any atom is 0.264 e. The Labute approximate surface area is 226 Å². The molecule has 0 unspecified atom stereocenters. The summed E-state index contributed by atoms with van der Waals surface area (Å²) in [6.45, 7) is -0.250. The summed E-state index contributed by atoms with van der Waals surface area (Å²) in [6.07, 6.45) is 3.65. The van der Waals surface area contributed by atoms with Crippen molar-refractivity contribution in [3.05, 3.63) is 59.7 Å². The van der Waals surface area contributed by atoms with Crippen molar-refractivity contribution in [1.82, 2.24) is 15.5 Å². The van der Waals surface area contributed by atoms with Crippen LogP contribution in [0.15, 0.2) is 48.5 Å². The molecule has 3 heterocycles. The lowest BCUT2D eigenvalue weighted by Gasteiger charge is -2.52.